The molecule has 0 aliphatic heterocycles. The van der Waals surface area contributed by atoms with Gasteiger partial charge in [-0.15, -0.1) is 0 Å². The van der Waals surface area contributed by atoms with Crippen LogP contribution in [0.2, 0.25) is 0 Å². The second-order valence-electron chi connectivity index (χ2n) is 6.86. The predicted molar refractivity (Wildman–Crippen MR) is 86.6 cm³/mol. The third-order valence-corrected chi connectivity index (χ3v) is 5.24. The smallest absolute Gasteiger partial charge is 0.251 e. The van der Waals surface area contributed by atoms with Crippen LogP contribution in [0.3, 0.4) is 0 Å². The molecule has 0 aromatic heterocycles. The van der Waals surface area contributed by atoms with Crippen molar-refractivity contribution in [1.82, 2.24) is 5.32 Å². The Labute approximate surface area is 131 Å². The summed E-state index contributed by atoms with van der Waals surface area (Å²) < 4.78 is 0. The van der Waals surface area contributed by atoms with Crippen LogP contribution in [0.25, 0.3) is 0 Å². The van der Waals surface area contributed by atoms with Crippen LogP contribution in [-0.2, 0) is 4.79 Å². The van der Waals surface area contributed by atoms with Gasteiger partial charge in [-0.3, -0.25) is 9.59 Å². The summed E-state index contributed by atoms with van der Waals surface area (Å²) in [5.41, 5.74) is 1.26. The Balaban J connectivity index is 1.63. The number of hydrogen-bond acceptors (Lipinski definition) is 2. The largest absolute Gasteiger partial charge is 0.349 e. The lowest BCUT2D eigenvalue weighted by Gasteiger charge is -2.28. The van der Waals surface area contributed by atoms with Crippen molar-refractivity contribution >= 4 is 17.5 Å². The van der Waals surface area contributed by atoms with Crippen LogP contribution in [0.1, 0.15) is 49.9 Å². The molecule has 2 bridgehead atoms. The zero-order chi connectivity index (χ0) is 15.7. The van der Waals surface area contributed by atoms with E-state index in [1.807, 2.05) is 0 Å². The maximum atomic E-state index is 12.4. The highest BCUT2D eigenvalue weighted by atomic mass is 16.2. The van der Waals surface area contributed by atoms with Crippen molar-refractivity contribution in [2.45, 2.75) is 45.6 Å². The van der Waals surface area contributed by atoms with E-state index in [0.717, 1.165) is 11.8 Å². The fourth-order valence-corrected chi connectivity index (χ4v) is 4.24. The van der Waals surface area contributed by atoms with Gasteiger partial charge >= 0.3 is 0 Å². The maximum Gasteiger partial charge on any atom is 0.251 e. The minimum absolute atomic E-state index is 0.0533. The summed E-state index contributed by atoms with van der Waals surface area (Å²) in [5.74, 6) is 2.13. The number of nitrogens with one attached hydrogen (secondary N) is 2. The van der Waals surface area contributed by atoms with E-state index in [1.165, 1.54) is 32.6 Å². The zero-order valence-electron chi connectivity index (χ0n) is 13.3. The predicted octanol–water partition coefficient (Wildman–Crippen LogP) is 3.20. The molecule has 4 nitrogen and oxygen atoms in total. The van der Waals surface area contributed by atoms with E-state index < -0.39 is 0 Å². The van der Waals surface area contributed by atoms with E-state index in [4.69, 9.17) is 0 Å². The monoisotopic (exact) mass is 300 g/mol. The van der Waals surface area contributed by atoms with Crippen molar-refractivity contribution in [3.05, 3.63) is 29.8 Å². The van der Waals surface area contributed by atoms with Gasteiger partial charge in [0.2, 0.25) is 5.91 Å². The second kappa shape index (κ2) is 6.11. The van der Waals surface area contributed by atoms with Crippen LogP contribution in [0.15, 0.2) is 24.3 Å². The lowest BCUT2D eigenvalue weighted by molar-refractivity contribution is -0.114. The Morgan fingerprint density at radius 2 is 2.05 bits per heavy atom. The van der Waals surface area contributed by atoms with E-state index >= 15 is 0 Å². The fourth-order valence-electron chi connectivity index (χ4n) is 4.24. The first kappa shape index (κ1) is 15.1. The first-order chi connectivity index (χ1) is 10.5. The van der Waals surface area contributed by atoms with Gasteiger partial charge in [-0.1, -0.05) is 12.5 Å². The molecule has 3 rings (SSSR count). The number of amides is 2. The molecule has 4 atom stereocenters. The maximum absolute atomic E-state index is 12.4. The third kappa shape index (κ3) is 3.16. The highest BCUT2D eigenvalue weighted by Gasteiger charge is 2.42. The first-order valence-corrected chi connectivity index (χ1v) is 8.21. The van der Waals surface area contributed by atoms with Gasteiger partial charge in [-0.2, -0.15) is 0 Å². The summed E-state index contributed by atoms with van der Waals surface area (Å²) in [5, 5.41) is 5.86. The molecule has 2 N–H and O–H groups in total. The van der Waals surface area contributed by atoms with Crippen molar-refractivity contribution in [2.75, 3.05) is 5.32 Å². The van der Waals surface area contributed by atoms with E-state index in [9.17, 15) is 9.59 Å². The Morgan fingerprint density at radius 1 is 1.23 bits per heavy atom. The van der Waals surface area contributed by atoms with Crippen LogP contribution < -0.4 is 10.6 Å². The molecular weight excluding hydrogens is 276 g/mol. The second-order valence-corrected chi connectivity index (χ2v) is 6.86. The quantitative estimate of drug-likeness (QED) is 0.897. The molecule has 0 spiro atoms. The van der Waals surface area contributed by atoms with Crippen molar-refractivity contribution in [3.8, 4) is 0 Å². The van der Waals surface area contributed by atoms with Crippen molar-refractivity contribution in [3.63, 3.8) is 0 Å². The van der Waals surface area contributed by atoms with Crippen LogP contribution in [-0.4, -0.2) is 17.9 Å². The van der Waals surface area contributed by atoms with Gasteiger partial charge < -0.3 is 10.6 Å². The van der Waals surface area contributed by atoms with Crippen molar-refractivity contribution in [1.29, 1.82) is 0 Å². The SMILES string of the molecule is CC(=O)Nc1cccc(C(=O)N[C@H](C)[C@H]2C[C@H]3CC[C@H]2C3)c1. The minimum atomic E-state index is -0.132. The fraction of sp³-hybridized carbons (Fsp3) is 0.556. The molecule has 118 valence electrons. The standard InChI is InChI=1S/C18H24N2O2/c1-11(17-9-13-6-7-14(17)8-13)19-18(22)15-4-3-5-16(10-15)20-12(2)21/h3-5,10-11,13-14,17H,6-9H2,1-2H3,(H,19,22)(H,20,21)/t11-,13+,14+,17-/m1/s1. The number of hydrogen-bond donors (Lipinski definition) is 2. The molecule has 2 amide bonds. The number of anilines is 1. The molecule has 2 saturated carbocycles. The average Bonchev–Trinajstić information content (AvgIpc) is 3.09. The highest BCUT2D eigenvalue weighted by Crippen LogP contribution is 2.49. The lowest BCUT2D eigenvalue weighted by atomic mass is 9.84. The van der Waals surface area contributed by atoms with Crippen LogP contribution in [0.4, 0.5) is 5.69 Å². The Hall–Kier alpha value is -1.84. The Bertz CT molecular complexity index is 584. The van der Waals surface area contributed by atoms with Gasteiger partial charge in [-0.25, -0.2) is 0 Å². The minimum Gasteiger partial charge on any atom is -0.349 e. The van der Waals surface area contributed by atoms with Crippen molar-refractivity contribution < 1.29 is 9.59 Å². The van der Waals surface area contributed by atoms with Gasteiger partial charge in [-0.05, 0) is 62.1 Å². The molecule has 4 heteroatoms. The van der Waals surface area contributed by atoms with E-state index in [1.54, 1.807) is 24.3 Å². The molecule has 0 radical (unpaired) electrons. The molecule has 1 aromatic rings. The van der Waals surface area contributed by atoms with E-state index in [2.05, 4.69) is 17.6 Å². The summed E-state index contributed by atoms with van der Waals surface area (Å²) in [6, 6.07) is 7.31. The first-order valence-electron chi connectivity index (χ1n) is 8.21. The molecule has 0 saturated heterocycles. The lowest BCUT2D eigenvalue weighted by Crippen LogP contribution is -2.40. The molecular formula is C18H24N2O2. The van der Waals surface area contributed by atoms with Gasteiger partial charge in [0.25, 0.3) is 5.91 Å². The molecule has 1 aromatic carbocycles. The third-order valence-electron chi connectivity index (χ3n) is 5.24. The average molecular weight is 300 g/mol. The zero-order valence-corrected chi connectivity index (χ0v) is 13.3. The molecule has 2 aliphatic rings. The number of rotatable bonds is 4. The molecule has 0 heterocycles. The molecule has 2 fully saturated rings. The van der Waals surface area contributed by atoms with Crippen LogP contribution >= 0.6 is 0 Å². The number of carbonyl (C=O) groups is 2. The normalized spacial score (nSPS) is 27.5. The molecule has 2 aliphatic carbocycles. The number of carbonyl (C=O) groups excluding carboxylic acids is 2. The van der Waals surface area contributed by atoms with E-state index in [0.29, 0.717) is 17.2 Å². The highest BCUT2D eigenvalue weighted by molar-refractivity contribution is 5.96. The van der Waals surface area contributed by atoms with Crippen LogP contribution in [0, 0.1) is 17.8 Å². The van der Waals surface area contributed by atoms with Gasteiger partial charge in [0.1, 0.15) is 0 Å². The molecule has 22 heavy (non-hydrogen) atoms. The van der Waals surface area contributed by atoms with Crippen LogP contribution in [0.5, 0.6) is 0 Å². The Kier molecular flexibility index (Phi) is 4.19. The Morgan fingerprint density at radius 3 is 2.68 bits per heavy atom. The van der Waals surface area contributed by atoms with Crippen molar-refractivity contribution in [2.24, 2.45) is 17.8 Å². The summed E-state index contributed by atoms with van der Waals surface area (Å²) in [6.07, 6.45) is 5.31. The van der Waals surface area contributed by atoms with Gasteiger partial charge in [0.05, 0.1) is 0 Å². The summed E-state index contributed by atoms with van der Waals surface area (Å²) in [4.78, 5) is 23.5. The van der Waals surface area contributed by atoms with Gasteiger partial charge in [0, 0.05) is 24.2 Å². The number of benzene rings is 1. The summed E-state index contributed by atoms with van der Waals surface area (Å²) in [7, 11) is 0. The molecule has 0 unspecified atom stereocenters. The van der Waals surface area contributed by atoms with E-state index in [-0.39, 0.29) is 17.9 Å². The van der Waals surface area contributed by atoms with Gasteiger partial charge in [0.15, 0.2) is 0 Å². The topological polar surface area (TPSA) is 58.2 Å². The number of fused-ring (bicyclic) bond motifs is 2. The summed E-state index contributed by atoms with van der Waals surface area (Å²) >= 11 is 0. The summed E-state index contributed by atoms with van der Waals surface area (Å²) in [6.45, 7) is 3.59.